The maximum Gasteiger partial charge on any atom is 0.0595 e. The third-order valence-corrected chi connectivity index (χ3v) is 4.57. The number of fused-ring (bicyclic) bond motifs is 1. The van der Waals surface area contributed by atoms with E-state index in [2.05, 4.69) is 50.0 Å². The van der Waals surface area contributed by atoms with Crippen molar-refractivity contribution in [1.82, 2.24) is 0 Å². The van der Waals surface area contributed by atoms with Gasteiger partial charge in [0.25, 0.3) is 0 Å². The lowest BCUT2D eigenvalue weighted by Gasteiger charge is -1.95. The molecule has 1 heterocycles. The summed E-state index contributed by atoms with van der Waals surface area (Å²) in [6, 6.07) is 4.11. The van der Waals surface area contributed by atoms with Gasteiger partial charge in [0, 0.05) is 18.8 Å². The zero-order valence-corrected chi connectivity index (χ0v) is 11.1. The summed E-state index contributed by atoms with van der Waals surface area (Å²) in [4.78, 5) is 0. The van der Waals surface area contributed by atoms with Crippen LogP contribution in [0.2, 0.25) is 5.02 Å². The average molecular weight is 373 g/mol. The van der Waals surface area contributed by atoms with Crippen LogP contribution >= 0.6 is 61.5 Å². The standard InChI is InChI=1S/C8H3BrClIS/c9-6-3-12-8-5(6)1-4(11)2-7(8)10/h1-3H. The van der Waals surface area contributed by atoms with Crippen LogP contribution in [-0.2, 0) is 0 Å². The first kappa shape index (κ1) is 9.24. The molecule has 0 nitrogen and oxygen atoms in total. The maximum atomic E-state index is 6.06. The monoisotopic (exact) mass is 372 g/mol. The molecule has 0 bridgehead atoms. The van der Waals surface area contributed by atoms with Gasteiger partial charge in [0.05, 0.1) is 9.72 Å². The van der Waals surface area contributed by atoms with Crippen molar-refractivity contribution in [2.75, 3.05) is 0 Å². The minimum atomic E-state index is 0.840. The SMILES string of the molecule is Clc1cc(I)cc2c(Br)csc12. The molecule has 0 aliphatic carbocycles. The molecule has 0 radical (unpaired) electrons. The van der Waals surface area contributed by atoms with Gasteiger partial charge in [-0.05, 0) is 50.7 Å². The summed E-state index contributed by atoms with van der Waals surface area (Å²) in [6.07, 6.45) is 0. The lowest BCUT2D eigenvalue weighted by molar-refractivity contribution is 1.74. The summed E-state index contributed by atoms with van der Waals surface area (Å²) in [5.74, 6) is 0. The van der Waals surface area contributed by atoms with Crippen molar-refractivity contribution in [2.24, 2.45) is 0 Å². The van der Waals surface area contributed by atoms with Crippen LogP contribution in [0.3, 0.4) is 0 Å². The first-order valence-corrected chi connectivity index (χ1v) is 6.33. The highest BCUT2D eigenvalue weighted by atomic mass is 127. The van der Waals surface area contributed by atoms with Crippen molar-refractivity contribution in [3.63, 3.8) is 0 Å². The van der Waals surface area contributed by atoms with E-state index in [4.69, 9.17) is 11.6 Å². The zero-order chi connectivity index (χ0) is 8.72. The molecule has 0 unspecified atom stereocenters. The van der Waals surface area contributed by atoms with Crippen molar-refractivity contribution >= 4 is 71.5 Å². The smallest absolute Gasteiger partial charge is 0.0595 e. The first-order valence-electron chi connectivity index (χ1n) is 3.20. The van der Waals surface area contributed by atoms with Crippen LogP contribution < -0.4 is 0 Å². The van der Waals surface area contributed by atoms with Crippen molar-refractivity contribution in [3.8, 4) is 0 Å². The summed E-state index contributed by atoms with van der Waals surface area (Å²) in [7, 11) is 0. The maximum absolute atomic E-state index is 6.06. The quantitative estimate of drug-likeness (QED) is 0.575. The molecule has 0 spiro atoms. The van der Waals surface area contributed by atoms with E-state index in [0.29, 0.717) is 0 Å². The van der Waals surface area contributed by atoms with E-state index in [1.54, 1.807) is 11.3 Å². The molecule has 0 saturated heterocycles. The van der Waals surface area contributed by atoms with Crippen molar-refractivity contribution in [3.05, 3.63) is 30.6 Å². The van der Waals surface area contributed by atoms with Gasteiger partial charge >= 0.3 is 0 Å². The molecule has 12 heavy (non-hydrogen) atoms. The Kier molecular flexibility index (Phi) is 2.65. The molecule has 4 heteroatoms. The molecule has 0 aliphatic rings. The van der Waals surface area contributed by atoms with E-state index >= 15 is 0 Å². The average Bonchev–Trinajstić information content (AvgIpc) is 2.33. The largest absolute Gasteiger partial charge is 0.141 e. The number of benzene rings is 1. The fraction of sp³-hybridized carbons (Fsp3) is 0. The van der Waals surface area contributed by atoms with Gasteiger partial charge in [0.2, 0.25) is 0 Å². The molecule has 0 fully saturated rings. The van der Waals surface area contributed by atoms with Gasteiger partial charge in [-0.2, -0.15) is 0 Å². The van der Waals surface area contributed by atoms with E-state index in [9.17, 15) is 0 Å². The zero-order valence-electron chi connectivity index (χ0n) is 5.77. The molecule has 0 aliphatic heterocycles. The van der Waals surface area contributed by atoms with Gasteiger partial charge in [0.1, 0.15) is 0 Å². The Morgan fingerprint density at radius 1 is 1.42 bits per heavy atom. The molecule has 0 amide bonds. The molecule has 0 atom stereocenters. The second-order valence-corrected chi connectivity index (χ2v) is 5.73. The number of rotatable bonds is 0. The lowest BCUT2D eigenvalue weighted by atomic mass is 10.3. The molecule has 0 saturated carbocycles. The summed E-state index contributed by atoms with van der Waals surface area (Å²) >= 11 is 13.5. The minimum absolute atomic E-state index is 0.840. The molecule has 62 valence electrons. The molecule has 0 N–H and O–H groups in total. The lowest BCUT2D eigenvalue weighted by Crippen LogP contribution is -1.71. The van der Waals surface area contributed by atoms with E-state index in [-0.39, 0.29) is 0 Å². The summed E-state index contributed by atoms with van der Waals surface area (Å²) in [5.41, 5.74) is 0. The van der Waals surface area contributed by atoms with Crippen molar-refractivity contribution in [1.29, 1.82) is 0 Å². The molecule has 2 rings (SSSR count). The van der Waals surface area contributed by atoms with Gasteiger partial charge in [0.15, 0.2) is 0 Å². The number of thiophene rings is 1. The molecule has 1 aromatic carbocycles. The molecule has 1 aromatic heterocycles. The van der Waals surface area contributed by atoms with Gasteiger partial charge in [-0.15, -0.1) is 11.3 Å². The van der Waals surface area contributed by atoms with Gasteiger partial charge in [-0.1, -0.05) is 11.6 Å². The molecular weight excluding hydrogens is 370 g/mol. The highest BCUT2D eigenvalue weighted by Crippen LogP contribution is 2.36. The van der Waals surface area contributed by atoms with E-state index < -0.39 is 0 Å². The fourth-order valence-corrected chi connectivity index (χ4v) is 3.73. The second-order valence-electron chi connectivity index (χ2n) is 2.35. The third-order valence-electron chi connectivity index (χ3n) is 1.55. The van der Waals surface area contributed by atoms with Crippen LogP contribution in [0.4, 0.5) is 0 Å². The minimum Gasteiger partial charge on any atom is -0.141 e. The van der Waals surface area contributed by atoms with Gasteiger partial charge in [-0.3, -0.25) is 0 Å². The number of hydrogen-bond acceptors (Lipinski definition) is 1. The Balaban J connectivity index is 2.92. The third kappa shape index (κ3) is 1.52. The Hall–Kier alpha value is 0.680. The summed E-state index contributed by atoms with van der Waals surface area (Å²) < 4.78 is 3.45. The highest BCUT2D eigenvalue weighted by Gasteiger charge is 2.05. The van der Waals surface area contributed by atoms with Crippen molar-refractivity contribution in [2.45, 2.75) is 0 Å². The Bertz CT molecular complexity index is 438. The van der Waals surface area contributed by atoms with Crippen LogP contribution in [0.25, 0.3) is 10.1 Å². The van der Waals surface area contributed by atoms with Crippen LogP contribution in [0.5, 0.6) is 0 Å². The molecular formula is C8H3BrClIS. The Labute approximate surface area is 101 Å². The fourth-order valence-electron chi connectivity index (χ4n) is 1.03. The predicted molar refractivity (Wildman–Crippen MR) is 67.3 cm³/mol. The predicted octanol–water partition coefficient (Wildman–Crippen LogP) is 4.92. The molecule has 2 aromatic rings. The number of hydrogen-bond donors (Lipinski definition) is 0. The Morgan fingerprint density at radius 2 is 2.17 bits per heavy atom. The first-order chi connectivity index (χ1) is 5.68. The van der Waals surface area contributed by atoms with E-state index in [1.165, 1.54) is 8.96 Å². The van der Waals surface area contributed by atoms with Crippen LogP contribution in [0.15, 0.2) is 22.0 Å². The number of halogens is 3. The van der Waals surface area contributed by atoms with E-state index in [1.807, 2.05) is 6.07 Å². The van der Waals surface area contributed by atoms with Gasteiger partial charge in [-0.25, -0.2) is 0 Å². The second kappa shape index (κ2) is 3.44. The summed E-state index contributed by atoms with van der Waals surface area (Å²) in [6.45, 7) is 0. The van der Waals surface area contributed by atoms with Crippen LogP contribution in [0.1, 0.15) is 0 Å². The van der Waals surface area contributed by atoms with E-state index in [0.717, 1.165) is 14.2 Å². The normalized spacial score (nSPS) is 10.9. The van der Waals surface area contributed by atoms with Gasteiger partial charge < -0.3 is 0 Å². The van der Waals surface area contributed by atoms with Crippen molar-refractivity contribution < 1.29 is 0 Å². The summed E-state index contributed by atoms with van der Waals surface area (Å²) in [5, 5.41) is 4.11. The topological polar surface area (TPSA) is 0 Å². The highest BCUT2D eigenvalue weighted by molar-refractivity contribution is 14.1. The van der Waals surface area contributed by atoms with Crippen LogP contribution in [-0.4, -0.2) is 0 Å². The Morgan fingerprint density at radius 3 is 2.92 bits per heavy atom. The van der Waals surface area contributed by atoms with Crippen LogP contribution in [0, 0.1) is 3.57 Å².